The number of amides is 2. The second kappa shape index (κ2) is 11.1. The van der Waals surface area contributed by atoms with E-state index in [9.17, 15) is 9.59 Å². The molecule has 4 nitrogen and oxygen atoms in total. The molecule has 2 amide bonds. The number of nitrogens with one attached hydrogen (secondary N) is 1. The van der Waals surface area contributed by atoms with Crippen LogP contribution in [0.15, 0.2) is 77.3 Å². The van der Waals surface area contributed by atoms with E-state index in [-0.39, 0.29) is 18.2 Å². The fourth-order valence-electron chi connectivity index (χ4n) is 3.70. The average Bonchev–Trinajstić information content (AvgIpc) is 2.80. The third-order valence-electron chi connectivity index (χ3n) is 5.71. The van der Waals surface area contributed by atoms with Crippen LogP contribution in [-0.2, 0) is 29.0 Å². The van der Waals surface area contributed by atoms with Gasteiger partial charge in [0.15, 0.2) is 0 Å². The molecule has 0 aliphatic rings. The van der Waals surface area contributed by atoms with Crippen molar-refractivity contribution >= 4 is 27.7 Å². The first-order chi connectivity index (χ1) is 15.4. The zero-order valence-electron chi connectivity index (χ0n) is 18.8. The Morgan fingerprint density at radius 3 is 2.16 bits per heavy atom. The number of likely N-dealkylation sites (N-methyl/N-ethyl adjacent to an activating group) is 1. The van der Waals surface area contributed by atoms with Gasteiger partial charge in [0.25, 0.3) is 0 Å². The molecule has 0 saturated carbocycles. The molecule has 0 spiro atoms. The molecule has 0 aliphatic carbocycles. The lowest BCUT2D eigenvalue weighted by molar-refractivity contribution is -0.140. The summed E-state index contributed by atoms with van der Waals surface area (Å²) in [5, 5.41) is 2.76. The van der Waals surface area contributed by atoms with Crippen molar-refractivity contribution < 1.29 is 9.59 Å². The molecule has 0 bridgehead atoms. The number of rotatable bonds is 8. The second-order valence-electron chi connectivity index (χ2n) is 8.06. The molecule has 5 heteroatoms. The van der Waals surface area contributed by atoms with Gasteiger partial charge in [-0.25, -0.2) is 0 Å². The molecule has 1 N–H and O–H groups in total. The molecule has 32 heavy (non-hydrogen) atoms. The third kappa shape index (κ3) is 6.30. The van der Waals surface area contributed by atoms with Crippen LogP contribution in [-0.4, -0.2) is 29.8 Å². The summed E-state index contributed by atoms with van der Waals surface area (Å²) < 4.78 is 0.974. The number of carbonyl (C=O) groups is 2. The Bertz CT molecular complexity index is 1060. The normalized spacial score (nSPS) is 11.6. The lowest BCUT2D eigenvalue weighted by Crippen LogP contribution is -2.50. The smallest absolute Gasteiger partial charge is 0.242 e. The Labute approximate surface area is 198 Å². The first-order valence-corrected chi connectivity index (χ1v) is 11.5. The molecule has 0 aliphatic heterocycles. The number of nitrogens with zero attached hydrogens (tertiary/aromatic N) is 1. The van der Waals surface area contributed by atoms with Crippen LogP contribution in [0.2, 0.25) is 0 Å². The summed E-state index contributed by atoms with van der Waals surface area (Å²) in [6.07, 6.45) is 0.704. The maximum Gasteiger partial charge on any atom is 0.242 e. The van der Waals surface area contributed by atoms with Gasteiger partial charge < -0.3 is 10.2 Å². The molecule has 3 aromatic rings. The summed E-state index contributed by atoms with van der Waals surface area (Å²) in [6.45, 7) is 4.47. The molecule has 3 aromatic carbocycles. The molecule has 0 aromatic heterocycles. The van der Waals surface area contributed by atoms with Gasteiger partial charge in [-0.15, -0.1) is 0 Å². The zero-order valence-corrected chi connectivity index (χ0v) is 20.4. The summed E-state index contributed by atoms with van der Waals surface area (Å²) in [5.41, 5.74) is 5.29. The lowest BCUT2D eigenvalue weighted by atomic mass is 10.0. The van der Waals surface area contributed by atoms with Gasteiger partial charge in [0, 0.05) is 24.5 Å². The SMILES string of the molecule is CNC(=O)[C@H](Cc1ccccc1)N(Cc1ccc(Br)cc1)C(=O)Cc1ccc(C)c(C)c1. The van der Waals surface area contributed by atoms with E-state index in [2.05, 4.69) is 34.2 Å². The largest absolute Gasteiger partial charge is 0.357 e. The summed E-state index contributed by atoms with van der Waals surface area (Å²) >= 11 is 3.46. The highest BCUT2D eigenvalue weighted by Gasteiger charge is 2.29. The minimum atomic E-state index is -0.606. The van der Waals surface area contributed by atoms with Crippen molar-refractivity contribution in [3.05, 3.63) is 105 Å². The molecular formula is C27H29BrN2O2. The number of hydrogen-bond donors (Lipinski definition) is 1. The van der Waals surface area contributed by atoms with E-state index in [1.54, 1.807) is 11.9 Å². The van der Waals surface area contributed by atoms with Crippen molar-refractivity contribution in [3.63, 3.8) is 0 Å². The predicted octanol–water partition coefficient (Wildman–Crippen LogP) is 4.99. The van der Waals surface area contributed by atoms with Crippen LogP contribution in [0.1, 0.15) is 27.8 Å². The van der Waals surface area contributed by atoms with E-state index in [1.165, 1.54) is 5.56 Å². The Hall–Kier alpha value is -2.92. The van der Waals surface area contributed by atoms with Crippen LogP contribution in [0.5, 0.6) is 0 Å². The minimum Gasteiger partial charge on any atom is -0.357 e. The second-order valence-corrected chi connectivity index (χ2v) is 8.98. The van der Waals surface area contributed by atoms with Crippen LogP contribution < -0.4 is 5.32 Å². The maximum absolute atomic E-state index is 13.6. The van der Waals surface area contributed by atoms with Crippen LogP contribution in [0.25, 0.3) is 0 Å². The van der Waals surface area contributed by atoms with Gasteiger partial charge in [-0.1, -0.05) is 76.6 Å². The van der Waals surface area contributed by atoms with E-state index in [0.717, 1.165) is 26.7 Å². The maximum atomic E-state index is 13.6. The van der Waals surface area contributed by atoms with Gasteiger partial charge in [0.1, 0.15) is 6.04 Å². The summed E-state index contributed by atoms with van der Waals surface area (Å²) in [4.78, 5) is 28.2. The molecule has 0 heterocycles. The van der Waals surface area contributed by atoms with Crippen molar-refractivity contribution in [2.45, 2.75) is 39.3 Å². The topological polar surface area (TPSA) is 49.4 Å². The van der Waals surface area contributed by atoms with E-state index in [4.69, 9.17) is 0 Å². The predicted molar refractivity (Wildman–Crippen MR) is 132 cm³/mol. The molecule has 0 saturated heterocycles. The number of benzene rings is 3. The van der Waals surface area contributed by atoms with Crippen LogP contribution >= 0.6 is 15.9 Å². The van der Waals surface area contributed by atoms with Crippen LogP contribution in [0, 0.1) is 13.8 Å². The monoisotopic (exact) mass is 492 g/mol. The van der Waals surface area contributed by atoms with Gasteiger partial charge in [0.2, 0.25) is 11.8 Å². The fraction of sp³-hybridized carbons (Fsp3) is 0.259. The van der Waals surface area contributed by atoms with E-state index in [1.807, 2.05) is 73.7 Å². The summed E-state index contributed by atoms with van der Waals surface area (Å²) in [5.74, 6) is -0.236. The van der Waals surface area contributed by atoms with E-state index < -0.39 is 6.04 Å². The van der Waals surface area contributed by atoms with Crippen molar-refractivity contribution in [2.75, 3.05) is 7.05 Å². The van der Waals surface area contributed by atoms with Crippen molar-refractivity contribution in [3.8, 4) is 0 Å². The molecule has 166 valence electrons. The van der Waals surface area contributed by atoms with Gasteiger partial charge in [-0.05, 0) is 53.8 Å². The van der Waals surface area contributed by atoms with Gasteiger partial charge >= 0.3 is 0 Å². The van der Waals surface area contributed by atoms with Crippen LogP contribution in [0.3, 0.4) is 0 Å². The minimum absolute atomic E-state index is 0.0688. The van der Waals surface area contributed by atoms with Crippen molar-refractivity contribution in [1.82, 2.24) is 10.2 Å². The van der Waals surface area contributed by atoms with Gasteiger partial charge in [-0.3, -0.25) is 9.59 Å². The molecule has 0 fully saturated rings. The zero-order chi connectivity index (χ0) is 23.1. The van der Waals surface area contributed by atoms with Crippen molar-refractivity contribution in [1.29, 1.82) is 0 Å². The Morgan fingerprint density at radius 2 is 1.53 bits per heavy atom. The standard InChI is InChI=1S/C27H29BrN2O2/c1-19-9-10-23(15-20(19)2)17-26(31)30(18-22-11-13-24(28)14-12-22)25(27(32)29-3)16-21-7-5-4-6-8-21/h4-15,25H,16-18H2,1-3H3,(H,29,32)/t25-/m0/s1. The van der Waals surface area contributed by atoms with Gasteiger partial charge in [-0.2, -0.15) is 0 Å². The Balaban J connectivity index is 1.93. The lowest BCUT2D eigenvalue weighted by Gasteiger charge is -2.31. The van der Waals surface area contributed by atoms with Gasteiger partial charge in [0.05, 0.1) is 6.42 Å². The molecular weight excluding hydrogens is 464 g/mol. The van der Waals surface area contributed by atoms with Crippen LogP contribution in [0.4, 0.5) is 0 Å². The first kappa shape index (κ1) is 23.7. The summed E-state index contributed by atoms with van der Waals surface area (Å²) in [7, 11) is 1.62. The molecule has 0 radical (unpaired) electrons. The average molecular weight is 493 g/mol. The fourth-order valence-corrected chi connectivity index (χ4v) is 3.96. The first-order valence-electron chi connectivity index (χ1n) is 10.7. The molecule has 1 atom stereocenters. The highest BCUT2D eigenvalue weighted by Crippen LogP contribution is 2.19. The Morgan fingerprint density at radius 1 is 0.875 bits per heavy atom. The quantitative estimate of drug-likeness (QED) is 0.481. The Kier molecular flexibility index (Phi) is 8.23. The van der Waals surface area contributed by atoms with Crippen molar-refractivity contribution in [2.24, 2.45) is 0 Å². The number of halogens is 1. The summed E-state index contributed by atoms with van der Waals surface area (Å²) in [6, 6.07) is 23.2. The third-order valence-corrected chi connectivity index (χ3v) is 6.24. The highest BCUT2D eigenvalue weighted by molar-refractivity contribution is 9.10. The number of aryl methyl sites for hydroxylation is 2. The molecule has 0 unspecified atom stereocenters. The highest BCUT2D eigenvalue weighted by atomic mass is 79.9. The number of hydrogen-bond acceptors (Lipinski definition) is 2. The van der Waals surface area contributed by atoms with E-state index >= 15 is 0 Å². The number of carbonyl (C=O) groups excluding carboxylic acids is 2. The molecule has 3 rings (SSSR count). The van der Waals surface area contributed by atoms with E-state index in [0.29, 0.717) is 13.0 Å².